The van der Waals surface area contributed by atoms with Gasteiger partial charge in [-0.05, 0) is 0 Å². The van der Waals surface area contributed by atoms with E-state index in [1.54, 1.807) is 0 Å². The van der Waals surface area contributed by atoms with Gasteiger partial charge in [-0.2, -0.15) is 0 Å². The van der Waals surface area contributed by atoms with Gasteiger partial charge in [0.2, 0.25) is 0 Å². The summed E-state index contributed by atoms with van der Waals surface area (Å²) in [4.78, 5) is 20.0. The van der Waals surface area contributed by atoms with Crippen molar-refractivity contribution in [3.8, 4) is 0 Å². The first-order valence-corrected chi connectivity index (χ1v) is 3.45. The summed E-state index contributed by atoms with van der Waals surface area (Å²) in [7, 11) is 0. The summed E-state index contributed by atoms with van der Waals surface area (Å²) in [5.41, 5.74) is 0. The standard InChI is InChI=1S/C6H10O8/c7-1(3(9)5(11)12)2(8)4(10)6(13)14/h1-4,7-10H,(H,11,12)(H,13,14)/p-1/t1-,2+,3+,4-. The molecule has 0 aliphatic carbocycles. The first-order chi connectivity index (χ1) is 6.29. The van der Waals surface area contributed by atoms with Crippen LogP contribution in [0.4, 0.5) is 0 Å². The van der Waals surface area contributed by atoms with E-state index in [0.29, 0.717) is 0 Å². The lowest BCUT2D eigenvalue weighted by atomic mass is 10.0. The van der Waals surface area contributed by atoms with Gasteiger partial charge in [-0.15, -0.1) is 0 Å². The maximum atomic E-state index is 10.1. The molecule has 0 bridgehead atoms. The highest BCUT2D eigenvalue weighted by atomic mass is 16.4. The molecule has 82 valence electrons. The number of carboxylic acids is 2. The molecular formula is C6H9O8-. The highest BCUT2D eigenvalue weighted by Crippen LogP contribution is 2.04. The lowest BCUT2D eigenvalue weighted by Crippen LogP contribution is -2.53. The molecule has 0 aromatic rings. The van der Waals surface area contributed by atoms with Crippen LogP contribution in [0.1, 0.15) is 0 Å². The predicted octanol–water partition coefficient (Wildman–Crippen LogP) is -4.74. The first-order valence-electron chi connectivity index (χ1n) is 3.45. The summed E-state index contributed by atoms with van der Waals surface area (Å²) in [6.07, 6.45) is -9.52. The van der Waals surface area contributed by atoms with Gasteiger partial charge in [0.1, 0.15) is 18.3 Å². The highest BCUT2D eigenvalue weighted by molar-refractivity contribution is 5.74. The van der Waals surface area contributed by atoms with Crippen molar-refractivity contribution in [2.45, 2.75) is 24.4 Å². The quantitative estimate of drug-likeness (QED) is 0.302. The van der Waals surface area contributed by atoms with Crippen molar-refractivity contribution in [1.82, 2.24) is 0 Å². The number of carbonyl (C=O) groups excluding carboxylic acids is 1. The second-order valence-electron chi connectivity index (χ2n) is 2.53. The second kappa shape index (κ2) is 4.86. The lowest BCUT2D eigenvalue weighted by molar-refractivity contribution is -0.320. The summed E-state index contributed by atoms with van der Waals surface area (Å²) < 4.78 is 0. The molecule has 0 unspecified atom stereocenters. The average Bonchev–Trinajstić information content (AvgIpc) is 2.12. The largest absolute Gasteiger partial charge is 0.547 e. The van der Waals surface area contributed by atoms with E-state index in [0.717, 1.165) is 0 Å². The summed E-state index contributed by atoms with van der Waals surface area (Å²) >= 11 is 0. The molecule has 4 atom stereocenters. The zero-order chi connectivity index (χ0) is 11.5. The number of carboxylic acid groups (broad SMARTS) is 2. The number of hydrogen-bond acceptors (Lipinski definition) is 7. The summed E-state index contributed by atoms with van der Waals surface area (Å²) in [6.45, 7) is 0. The normalized spacial score (nSPS) is 19.4. The predicted molar refractivity (Wildman–Crippen MR) is 36.7 cm³/mol. The van der Waals surface area contributed by atoms with Gasteiger partial charge in [0.05, 0.1) is 5.97 Å². The molecule has 0 aliphatic rings. The van der Waals surface area contributed by atoms with Gasteiger partial charge in [0, 0.05) is 0 Å². The van der Waals surface area contributed by atoms with Crippen molar-refractivity contribution in [3.05, 3.63) is 0 Å². The van der Waals surface area contributed by atoms with Crippen molar-refractivity contribution in [3.63, 3.8) is 0 Å². The van der Waals surface area contributed by atoms with Gasteiger partial charge in [-0.25, -0.2) is 4.79 Å². The Labute approximate surface area is 77.7 Å². The van der Waals surface area contributed by atoms with Gasteiger partial charge < -0.3 is 35.4 Å². The van der Waals surface area contributed by atoms with E-state index in [-0.39, 0.29) is 0 Å². The zero-order valence-corrected chi connectivity index (χ0v) is 6.77. The van der Waals surface area contributed by atoms with Gasteiger partial charge in [-0.1, -0.05) is 0 Å². The van der Waals surface area contributed by atoms with E-state index in [4.69, 9.17) is 25.5 Å². The fourth-order valence-corrected chi connectivity index (χ4v) is 0.659. The molecule has 8 heteroatoms. The Morgan fingerprint density at radius 3 is 1.57 bits per heavy atom. The lowest BCUT2D eigenvalue weighted by Gasteiger charge is -2.24. The monoisotopic (exact) mass is 209 g/mol. The van der Waals surface area contributed by atoms with Crippen LogP contribution in [-0.2, 0) is 9.59 Å². The molecule has 0 aromatic heterocycles. The summed E-state index contributed by atoms with van der Waals surface area (Å²) in [6, 6.07) is 0. The van der Waals surface area contributed by atoms with Crippen LogP contribution in [0, 0.1) is 0 Å². The third-order valence-electron chi connectivity index (χ3n) is 1.49. The van der Waals surface area contributed by atoms with Crippen LogP contribution in [0.5, 0.6) is 0 Å². The van der Waals surface area contributed by atoms with E-state index in [1.165, 1.54) is 0 Å². The number of aliphatic hydroxyl groups excluding tert-OH is 4. The fraction of sp³-hybridized carbons (Fsp3) is 0.667. The number of rotatable bonds is 5. The number of aliphatic carboxylic acids is 2. The van der Waals surface area contributed by atoms with E-state index in [2.05, 4.69) is 0 Å². The first kappa shape index (κ1) is 12.8. The average molecular weight is 209 g/mol. The second-order valence-corrected chi connectivity index (χ2v) is 2.53. The molecule has 14 heavy (non-hydrogen) atoms. The van der Waals surface area contributed by atoms with E-state index >= 15 is 0 Å². The van der Waals surface area contributed by atoms with Crippen molar-refractivity contribution in [2.24, 2.45) is 0 Å². The third-order valence-corrected chi connectivity index (χ3v) is 1.49. The van der Waals surface area contributed by atoms with Crippen LogP contribution in [0.15, 0.2) is 0 Å². The Kier molecular flexibility index (Phi) is 4.44. The Morgan fingerprint density at radius 2 is 1.29 bits per heavy atom. The van der Waals surface area contributed by atoms with E-state index < -0.39 is 36.4 Å². The Bertz CT molecular complexity index is 202. The smallest absolute Gasteiger partial charge is 0.335 e. The Balaban J connectivity index is 4.45. The topological polar surface area (TPSA) is 158 Å². The van der Waals surface area contributed by atoms with E-state index in [1.807, 2.05) is 0 Å². The summed E-state index contributed by atoms with van der Waals surface area (Å²) in [5, 5.41) is 53.1. The molecule has 0 rings (SSSR count). The van der Waals surface area contributed by atoms with Crippen LogP contribution in [-0.4, -0.2) is 61.9 Å². The minimum atomic E-state index is -2.47. The Hall–Kier alpha value is -1.22. The maximum absolute atomic E-state index is 10.1. The molecule has 0 heterocycles. The molecule has 5 N–H and O–H groups in total. The van der Waals surface area contributed by atoms with Crippen LogP contribution < -0.4 is 5.11 Å². The zero-order valence-electron chi connectivity index (χ0n) is 6.77. The van der Waals surface area contributed by atoms with Gasteiger partial charge in [-0.3, -0.25) is 0 Å². The molecule has 8 nitrogen and oxygen atoms in total. The van der Waals surface area contributed by atoms with Crippen LogP contribution >= 0.6 is 0 Å². The number of hydrogen-bond donors (Lipinski definition) is 5. The van der Waals surface area contributed by atoms with Gasteiger partial charge >= 0.3 is 5.97 Å². The summed E-state index contributed by atoms with van der Waals surface area (Å²) in [5.74, 6) is -3.95. The Morgan fingerprint density at radius 1 is 0.929 bits per heavy atom. The molecule has 0 saturated heterocycles. The maximum Gasteiger partial charge on any atom is 0.335 e. The molecular weight excluding hydrogens is 200 g/mol. The van der Waals surface area contributed by atoms with Gasteiger partial charge in [0.15, 0.2) is 6.10 Å². The SMILES string of the molecule is O=C(O)[C@@H](O)[C@H](O)[C@H](O)[C@@H](O)C(=O)[O-]. The van der Waals surface area contributed by atoms with Crippen molar-refractivity contribution in [1.29, 1.82) is 0 Å². The highest BCUT2D eigenvalue weighted by Gasteiger charge is 2.34. The minimum Gasteiger partial charge on any atom is -0.547 e. The van der Waals surface area contributed by atoms with Crippen molar-refractivity contribution in [2.75, 3.05) is 0 Å². The van der Waals surface area contributed by atoms with Crippen LogP contribution in [0.2, 0.25) is 0 Å². The van der Waals surface area contributed by atoms with Gasteiger partial charge in [0.25, 0.3) is 0 Å². The molecule has 0 radical (unpaired) electrons. The molecule has 0 amide bonds. The third kappa shape index (κ3) is 2.92. The van der Waals surface area contributed by atoms with Crippen LogP contribution in [0.25, 0.3) is 0 Å². The molecule has 0 aromatic carbocycles. The van der Waals surface area contributed by atoms with Crippen LogP contribution in [0.3, 0.4) is 0 Å². The minimum absolute atomic E-state index is 1.86. The molecule has 0 aliphatic heterocycles. The molecule has 0 saturated carbocycles. The number of aliphatic hydroxyl groups is 4. The fourth-order valence-electron chi connectivity index (χ4n) is 0.659. The number of carbonyl (C=O) groups is 2. The van der Waals surface area contributed by atoms with E-state index in [9.17, 15) is 14.7 Å². The molecule has 0 spiro atoms. The van der Waals surface area contributed by atoms with Crippen molar-refractivity contribution < 1.29 is 40.2 Å². The van der Waals surface area contributed by atoms with Crippen molar-refractivity contribution >= 4 is 11.9 Å². The molecule has 0 fully saturated rings.